The van der Waals surface area contributed by atoms with Gasteiger partial charge in [-0.2, -0.15) is 4.98 Å². The van der Waals surface area contributed by atoms with Crippen LogP contribution in [0.15, 0.2) is 10.7 Å². The molecule has 19 heavy (non-hydrogen) atoms. The van der Waals surface area contributed by atoms with E-state index < -0.39 is 23.8 Å². The second-order valence-corrected chi connectivity index (χ2v) is 3.98. The zero-order valence-corrected chi connectivity index (χ0v) is 10.2. The Hall–Kier alpha value is -2.38. The van der Waals surface area contributed by atoms with Crippen LogP contribution in [0.1, 0.15) is 23.8 Å². The van der Waals surface area contributed by atoms with Crippen LogP contribution in [-0.4, -0.2) is 41.1 Å². The van der Waals surface area contributed by atoms with Crippen molar-refractivity contribution < 1.29 is 28.6 Å². The number of carbonyl (C=O) groups is 3. The fourth-order valence-electron chi connectivity index (χ4n) is 1.74. The maximum atomic E-state index is 11.6. The van der Waals surface area contributed by atoms with Crippen molar-refractivity contribution in [3.63, 3.8) is 0 Å². The van der Waals surface area contributed by atoms with Crippen molar-refractivity contribution >= 4 is 23.9 Å². The van der Waals surface area contributed by atoms with E-state index in [1.807, 2.05) is 0 Å². The van der Waals surface area contributed by atoms with Gasteiger partial charge in [0.25, 0.3) is 0 Å². The van der Waals surface area contributed by atoms with Crippen molar-refractivity contribution in [2.45, 2.75) is 13.3 Å². The number of ether oxygens (including phenoxy) is 1. The van der Waals surface area contributed by atoms with Gasteiger partial charge < -0.3 is 14.3 Å². The molecule has 8 heteroatoms. The monoisotopic (exact) mass is 268 g/mol. The molecule has 0 radical (unpaired) electrons. The maximum absolute atomic E-state index is 11.6. The van der Waals surface area contributed by atoms with Crippen LogP contribution in [0.2, 0.25) is 0 Å². The quantitative estimate of drug-likeness (QED) is 0.781. The topological polar surface area (TPSA) is 110 Å². The number of hydrogen-bond donors (Lipinski definition) is 1. The number of anilines is 1. The van der Waals surface area contributed by atoms with Gasteiger partial charge in [0.1, 0.15) is 6.26 Å². The average molecular weight is 268 g/mol. The van der Waals surface area contributed by atoms with Crippen LogP contribution in [-0.2, 0) is 14.3 Å². The highest BCUT2D eigenvalue weighted by atomic mass is 16.5. The number of carboxylic acids is 1. The van der Waals surface area contributed by atoms with Crippen LogP contribution in [0, 0.1) is 5.92 Å². The summed E-state index contributed by atoms with van der Waals surface area (Å²) in [6.45, 7) is 1.84. The van der Waals surface area contributed by atoms with E-state index in [2.05, 4.69) is 4.98 Å². The van der Waals surface area contributed by atoms with Gasteiger partial charge in [0.15, 0.2) is 5.69 Å². The Morgan fingerprint density at radius 3 is 2.95 bits per heavy atom. The van der Waals surface area contributed by atoms with Crippen molar-refractivity contribution in [1.29, 1.82) is 0 Å². The van der Waals surface area contributed by atoms with E-state index in [1.54, 1.807) is 6.92 Å². The summed E-state index contributed by atoms with van der Waals surface area (Å²) in [5, 5.41) is 8.86. The third-order valence-electron chi connectivity index (χ3n) is 2.68. The van der Waals surface area contributed by atoms with Crippen molar-refractivity contribution in [3.8, 4) is 0 Å². The van der Waals surface area contributed by atoms with E-state index in [9.17, 15) is 14.4 Å². The van der Waals surface area contributed by atoms with E-state index in [4.69, 9.17) is 14.3 Å². The first-order valence-corrected chi connectivity index (χ1v) is 5.68. The summed E-state index contributed by atoms with van der Waals surface area (Å²) < 4.78 is 9.75. The highest BCUT2D eigenvalue weighted by Gasteiger charge is 2.37. The number of amides is 1. The molecule has 1 aliphatic rings. The SMILES string of the molecule is CCOC(=O)c1coc(N2CC(C(=O)O)CC2=O)n1. The number of carboxylic acid groups (broad SMARTS) is 1. The van der Waals surface area contributed by atoms with E-state index in [-0.39, 0.29) is 31.3 Å². The Morgan fingerprint density at radius 2 is 2.37 bits per heavy atom. The first-order chi connectivity index (χ1) is 9.02. The lowest BCUT2D eigenvalue weighted by atomic mass is 10.1. The minimum absolute atomic E-state index is 0.0169. The predicted octanol–water partition coefficient (Wildman–Crippen LogP) is 0.289. The molecule has 0 bridgehead atoms. The fourth-order valence-corrected chi connectivity index (χ4v) is 1.74. The number of aromatic nitrogens is 1. The Morgan fingerprint density at radius 1 is 1.63 bits per heavy atom. The molecule has 1 aromatic heterocycles. The summed E-state index contributed by atoms with van der Waals surface area (Å²) in [5.74, 6) is -2.89. The van der Waals surface area contributed by atoms with Gasteiger partial charge in [0, 0.05) is 13.0 Å². The molecule has 1 fully saturated rings. The van der Waals surface area contributed by atoms with E-state index >= 15 is 0 Å². The molecule has 1 amide bonds. The summed E-state index contributed by atoms with van der Waals surface area (Å²) in [5.41, 5.74) is -0.0524. The average Bonchev–Trinajstić information content (AvgIpc) is 2.95. The number of rotatable bonds is 4. The smallest absolute Gasteiger partial charge is 0.360 e. The summed E-state index contributed by atoms with van der Waals surface area (Å²) in [6, 6.07) is -0.0863. The molecule has 1 N–H and O–H groups in total. The van der Waals surface area contributed by atoms with Crippen LogP contribution >= 0.6 is 0 Å². The lowest BCUT2D eigenvalue weighted by Gasteiger charge is -2.09. The molecular formula is C11H12N2O6. The molecule has 0 aromatic carbocycles. The van der Waals surface area contributed by atoms with Crippen molar-refractivity contribution in [2.24, 2.45) is 5.92 Å². The predicted molar refractivity (Wildman–Crippen MR) is 60.6 cm³/mol. The molecule has 1 unspecified atom stereocenters. The first kappa shape index (κ1) is 13.1. The molecule has 8 nitrogen and oxygen atoms in total. The van der Waals surface area contributed by atoms with Gasteiger partial charge >= 0.3 is 18.0 Å². The van der Waals surface area contributed by atoms with Crippen LogP contribution in [0.5, 0.6) is 0 Å². The van der Waals surface area contributed by atoms with Gasteiger partial charge in [-0.05, 0) is 6.92 Å². The third-order valence-corrected chi connectivity index (χ3v) is 2.68. The van der Waals surface area contributed by atoms with E-state index in [0.29, 0.717) is 0 Å². The maximum Gasteiger partial charge on any atom is 0.360 e. The van der Waals surface area contributed by atoms with Crippen LogP contribution < -0.4 is 4.90 Å². The van der Waals surface area contributed by atoms with Gasteiger partial charge in [0.05, 0.1) is 12.5 Å². The Balaban J connectivity index is 2.13. The summed E-state index contributed by atoms with van der Waals surface area (Å²) >= 11 is 0. The third kappa shape index (κ3) is 2.56. The number of nitrogens with zero attached hydrogens (tertiary/aromatic N) is 2. The normalized spacial score (nSPS) is 18.7. The molecule has 1 aromatic rings. The standard InChI is InChI=1S/C11H12N2O6/c1-2-18-10(17)7-5-19-11(12-7)13-4-6(9(15)16)3-8(13)14/h5-6H,2-4H2,1H3,(H,15,16). The second kappa shape index (κ2) is 5.09. The lowest BCUT2D eigenvalue weighted by Crippen LogP contribution is -2.26. The van der Waals surface area contributed by atoms with Gasteiger partial charge in [0.2, 0.25) is 5.91 Å². The first-order valence-electron chi connectivity index (χ1n) is 5.68. The van der Waals surface area contributed by atoms with Gasteiger partial charge in [-0.1, -0.05) is 0 Å². The lowest BCUT2D eigenvalue weighted by molar-refractivity contribution is -0.141. The zero-order valence-electron chi connectivity index (χ0n) is 10.2. The fraction of sp³-hybridized carbons (Fsp3) is 0.455. The minimum atomic E-state index is -1.05. The van der Waals surface area contributed by atoms with E-state index in [1.165, 1.54) is 0 Å². The van der Waals surface area contributed by atoms with Crippen LogP contribution in [0.25, 0.3) is 0 Å². The molecule has 102 valence electrons. The van der Waals surface area contributed by atoms with Gasteiger partial charge in [-0.15, -0.1) is 0 Å². The molecule has 2 heterocycles. The van der Waals surface area contributed by atoms with Crippen LogP contribution in [0.3, 0.4) is 0 Å². The molecule has 0 saturated carbocycles. The molecular weight excluding hydrogens is 256 g/mol. The highest BCUT2D eigenvalue weighted by molar-refractivity contribution is 5.98. The molecule has 2 rings (SSSR count). The van der Waals surface area contributed by atoms with Crippen molar-refractivity contribution in [2.75, 3.05) is 18.1 Å². The summed E-state index contributed by atoms with van der Waals surface area (Å²) in [7, 11) is 0. The second-order valence-electron chi connectivity index (χ2n) is 3.98. The molecule has 1 atom stereocenters. The molecule has 1 aliphatic heterocycles. The van der Waals surface area contributed by atoms with Crippen molar-refractivity contribution in [1.82, 2.24) is 4.98 Å². The number of oxazole rings is 1. The molecule has 0 spiro atoms. The largest absolute Gasteiger partial charge is 0.481 e. The minimum Gasteiger partial charge on any atom is -0.481 e. The highest BCUT2D eigenvalue weighted by Crippen LogP contribution is 2.24. The Kier molecular flexibility index (Phi) is 3.50. The van der Waals surface area contributed by atoms with Gasteiger partial charge in [-0.25, -0.2) is 4.79 Å². The number of carbonyl (C=O) groups excluding carboxylic acids is 2. The van der Waals surface area contributed by atoms with Crippen molar-refractivity contribution in [3.05, 3.63) is 12.0 Å². The molecule has 0 aliphatic carbocycles. The Labute approximate surface area is 108 Å². The molecule has 1 saturated heterocycles. The van der Waals surface area contributed by atoms with Gasteiger partial charge in [-0.3, -0.25) is 14.5 Å². The Bertz CT molecular complexity index is 523. The number of esters is 1. The number of hydrogen-bond acceptors (Lipinski definition) is 6. The summed E-state index contributed by atoms with van der Waals surface area (Å²) in [6.07, 6.45) is 0.973. The summed E-state index contributed by atoms with van der Waals surface area (Å²) in [4.78, 5) is 38.8. The zero-order chi connectivity index (χ0) is 14.0. The van der Waals surface area contributed by atoms with E-state index in [0.717, 1.165) is 11.2 Å². The van der Waals surface area contributed by atoms with Crippen LogP contribution in [0.4, 0.5) is 6.01 Å². The number of aliphatic carboxylic acids is 1.